The minimum absolute atomic E-state index is 0.0242. The van der Waals surface area contributed by atoms with Gasteiger partial charge in [-0.15, -0.1) is 0 Å². The third kappa shape index (κ3) is 4.89. The first-order valence-corrected chi connectivity index (χ1v) is 6.38. The van der Waals surface area contributed by atoms with Crippen molar-refractivity contribution < 1.29 is 9.18 Å². The molecule has 0 fully saturated rings. The maximum Gasteiger partial charge on any atom is 0.254 e. The van der Waals surface area contributed by atoms with E-state index in [-0.39, 0.29) is 11.0 Å². The fourth-order valence-electron chi connectivity index (χ4n) is 2.46. The van der Waals surface area contributed by atoms with Crippen LogP contribution in [0.1, 0.15) is 51.4 Å². The van der Waals surface area contributed by atoms with Crippen LogP contribution in [0.5, 0.6) is 0 Å². The first-order valence-electron chi connectivity index (χ1n) is 6.38. The highest BCUT2D eigenvalue weighted by atomic mass is 19.1. The molecular formula is C15H23FN2O. The van der Waals surface area contributed by atoms with Gasteiger partial charge in [-0.25, -0.2) is 4.39 Å². The van der Waals surface area contributed by atoms with Crippen molar-refractivity contribution >= 4 is 11.6 Å². The van der Waals surface area contributed by atoms with Crippen molar-refractivity contribution in [1.82, 2.24) is 5.32 Å². The Hall–Kier alpha value is -1.58. The van der Waals surface area contributed by atoms with Crippen molar-refractivity contribution in [2.75, 3.05) is 5.73 Å². The molecule has 0 radical (unpaired) electrons. The number of amides is 1. The third-order valence-corrected chi connectivity index (χ3v) is 2.66. The minimum atomic E-state index is -0.593. The molecule has 0 saturated heterocycles. The molecule has 0 unspecified atom stereocenters. The van der Waals surface area contributed by atoms with Gasteiger partial charge in [0.2, 0.25) is 0 Å². The van der Waals surface area contributed by atoms with Crippen LogP contribution in [0.3, 0.4) is 0 Å². The summed E-state index contributed by atoms with van der Waals surface area (Å²) < 4.78 is 13.7. The predicted molar refractivity (Wildman–Crippen MR) is 76.4 cm³/mol. The van der Waals surface area contributed by atoms with E-state index in [1.807, 2.05) is 13.8 Å². The van der Waals surface area contributed by atoms with Gasteiger partial charge in [0.15, 0.2) is 0 Å². The first kappa shape index (κ1) is 15.5. The standard InChI is InChI=1S/C15H23FN2O/c1-14(2,3)9-15(4,5)18-13(19)11-7-6-10(17)8-12(11)16/h6-8H,9,17H2,1-5H3,(H,18,19). The Balaban J connectivity index is 2.84. The van der Waals surface area contributed by atoms with Crippen LogP contribution in [-0.2, 0) is 0 Å². The van der Waals surface area contributed by atoms with Crippen LogP contribution in [0.15, 0.2) is 18.2 Å². The highest BCUT2D eigenvalue weighted by molar-refractivity contribution is 5.95. The van der Waals surface area contributed by atoms with E-state index in [4.69, 9.17) is 5.73 Å². The van der Waals surface area contributed by atoms with Gasteiger partial charge in [-0.3, -0.25) is 4.79 Å². The third-order valence-electron chi connectivity index (χ3n) is 2.66. The summed E-state index contributed by atoms with van der Waals surface area (Å²) in [7, 11) is 0. The number of hydrogen-bond donors (Lipinski definition) is 2. The van der Waals surface area contributed by atoms with Gasteiger partial charge in [0.1, 0.15) is 5.82 Å². The summed E-state index contributed by atoms with van der Waals surface area (Å²) >= 11 is 0. The van der Waals surface area contributed by atoms with Crippen molar-refractivity contribution in [1.29, 1.82) is 0 Å². The molecule has 0 spiro atoms. The number of rotatable bonds is 3. The molecule has 1 aromatic rings. The normalized spacial score (nSPS) is 12.3. The van der Waals surface area contributed by atoms with Gasteiger partial charge in [0.25, 0.3) is 5.91 Å². The number of anilines is 1. The largest absolute Gasteiger partial charge is 0.399 e. The lowest BCUT2D eigenvalue weighted by Gasteiger charge is -2.33. The van der Waals surface area contributed by atoms with Crippen molar-refractivity contribution in [3.63, 3.8) is 0 Å². The number of nitrogens with one attached hydrogen (secondary N) is 1. The molecule has 0 aliphatic heterocycles. The van der Waals surface area contributed by atoms with Gasteiger partial charge in [-0.2, -0.15) is 0 Å². The van der Waals surface area contributed by atoms with Crippen molar-refractivity contribution in [2.45, 2.75) is 46.6 Å². The Morgan fingerprint density at radius 3 is 2.32 bits per heavy atom. The van der Waals surface area contributed by atoms with Gasteiger partial charge < -0.3 is 11.1 Å². The zero-order chi connectivity index (χ0) is 14.8. The second kappa shape index (κ2) is 5.19. The smallest absolute Gasteiger partial charge is 0.254 e. The average Bonchev–Trinajstić information content (AvgIpc) is 2.11. The molecule has 0 saturated carbocycles. The van der Waals surface area contributed by atoms with E-state index in [2.05, 4.69) is 26.1 Å². The topological polar surface area (TPSA) is 55.1 Å². The average molecular weight is 266 g/mol. The molecule has 0 heterocycles. The minimum Gasteiger partial charge on any atom is -0.399 e. The quantitative estimate of drug-likeness (QED) is 0.824. The summed E-state index contributed by atoms with van der Waals surface area (Å²) in [6, 6.07) is 4.09. The summed E-state index contributed by atoms with van der Waals surface area (Å²) in [6.45, 7) is 10.2. The Labute approximate surface area is 114 Å². The molecule has 0 aliphatic rings. The monoisotopic (exact) mass is 266 g/mol. The van der Waals surface area contributed by atoms with E-state index in [1.54, 1.807) is 0 Å². The number of halogens is 1. The predicted octanol–water partition coefficient (Wildman–Crippen LogP) is 3.35. The fraction of sp³-hybridized carbons (Fsp3) is 0.533. The zero-order valence-electron chi connectivity index (χ0n) is 12.3. The SMILES string of the molecule is CC(C)(C)CC(C)(C)NC(=O)c1ccc(N)cc1F. The van der Waals surface area contributed by atoms with Crippen molar-refractivity contribution in [2.24, 2.45) is 5.41 Å². The maximum absolute atomic E-state index is 13.7. The summed E-state index contributed by atoms with van der Waals surface area (Å²) in [5.74, 6) is -1.00. The Bertz CT molecular complexity index is 476. The molecule has 1 rings (SSSR count). The van der Waals surface area contributed by atoms with Crippen LogP contribution in [0.25, 0.3) is 0 Å². The van der Waals surface area contributed by atoms with Crippen LogP contribution < -0.4 is 11.1 Å². The molecule has 0 atom stereocenters. The van der Waals surface area contributed by atoms with Gasteiger partial charge in [-0.1, -0.05) is 20.8 Å². The summed E-state index contributed by atoms with van der Waals surface area (Å²) in [4.78, 5) is 12.1. The number of nitrogen functional groups attached to an aromatic ring is 1. The van der Waals surface area contributed by atoms with E-state index in [9.17, 15) is 9.18 Å². The molecule has 0 bridgehead atoms. The Morgan fingerprint density at radius 1 is 1.26 bits per heavy atom. The van der Waals surface area contributed by atoms with Crippen molar-refractivity contribution in [3.05, 3.63) is 29.6 Å². The lowest BCUT2D eigenvalue weighted by atomic mass is 9.81. The Morgan fingerprint density at radius 2 is 1.84 bits per heavy atom. The van der Waals surface area contributed by atoms with Crippen molar-refractivity contribution in [3.8, 4) is 0 Å². The molecule has 3 N–H and O–H groups in total. The fourth-order valence-corrected chi connectivity index (χ4v) is 2.46. The van der Waals surface area contributed by atoms with Crippen LogP contribution in [-0.4, -0.2) is 11.4 Å². The molecular weight excluding hydrogens is 243 g/mol. The van der Waals surface area contributed by atoms with E-state index in [1.165, 1.54) is 12.1 Å². The lowest BCUT2D eigenvalue weighted by molar-refractivity contribution is 0.0887. The zero-order valence-corrected chi connectivity index (χ0v) is 12.3. The first-order chi connectivity index (χ1) is 8.50. The maximum atomic E-state index is 13.7. The number of carbonyl (C=O) groups excluding carboxylic acids is 1. The van der Waals surface area contributed by atoms with Crippen LogP contribution >= 0.6 is 0 Å². The molecule has 3 nitrogen and oxygen atoms in total. The molecule has 1 amide bonds. The molecule has 1 aromatic carbocycles. The van der Waals surface area contributed by atoms with E-state index in [0.29, 0.717) is 5.69 Å². The second-order valence-electron chi connectivity index (χ2n) is 6.81. The van der Waals surface area contributed by atoms with Crippen LogP contribution in [0.4, 0.5) is 10.1 Å². The number of benzene rings is 1. The van der Waals surface area contributed by atoms with Crippen LogP contribution in [0.2, 0.25) is 0 Å². The molecule has 19 heavy (non-hydrogen) atoms. The summed E-state index contributed by atoms with van der Waals surface area (Å²) in [5.41, 5.74) is 5.48. The van der Waals surface area contributed by atoms with E-state index in [0.717, 1.165) is 12.5 Å². The molecule has 0 aliphatic carbocycles. The highest BCUT2D eigenvalue weighted by Gasteiger charge is 2.28. The molecule has 0 aromatic heterocycles. The lowest BCUT2D eigenvalue weighted by Crippen LogP contribution is -2.46. The Kier molecular flexibility index (Phi) is 4.23. The van der Waals surface area contributed by atoms with Gasteiger partial charge in [-0.05, 0) is 43.9 Å². The number of hydrogen-bond acceptors (Lipinski definition) is 2. The number of nitrogens with two attached hydrogens (primary N) is 1. The van der Waals surface area contributed by atoms with Gasteiger partial charge in [0, 0.05) is 11.2 Å². The molecule has 106 valence electrons. The summed E-state index contributed by atoms with van der Waals surface area (Å²) in [6.07, 6.45) is 0.794. The molecule has 4 heteroatoms. The van der Waals surface area contributed by atoms with Gasteiger partial charge in [0.05, 0.1) is 5.56 Å². The van der Waals surface area contributed by atoms with E-state index >= 15 is 0 Å². The summed E-state index contributed by atoms with van der Waals surface area (Å²) in [5, 5.41) is 2.87. The van der Waals surface area contributed by atoms with E-state index < -0.39 is 17.3 Å². The van der Waals surface area contributed by atoms with Crippen LogP contribution in [0, 0.1) is 11.2 Å². The van der Waals surface area contributed by atoms with Gasteiger partial charge >= 0.3 is 0 Å². The highest BCUT2D eigenvalue weighted by Crippen LogP contribution is 2.27. The number of carbonyl (C=O) groups is 1. The second-order valence-corrected chi connectivity index (χ2v) is 6.81.